The number of hydrogen-bond donors (Lipinski definition) is 1. The van der Waals surface area contributed by atoms with Crippen LogP contribution in [-0.4, -0.2) is 25.8 Å². The fraction of sp³-hybridized carbons (Fsp3) is 0.533. The molecule has 1 aromatic carbocycles. The van der Waals surface area contributed by atoms with E-state index in [0.717, 1.165) is 12.0 Å². The Morgan fingerprint density at radius 2 is 2.00 bits per heavy atom. The van der Waals surface area contributed by atoms with Gasteiger partial charge in [0.25, 0.3) is 0 Å². The van der Waals surface area contributed by atoms with Crippen LogP contribution in [0, 0.1) is 12.8 Å². The molecule has 0 aliphatic carbocycles. The molecule has 0 aliphatic rings. The Hall–Kier alpha value is -1.55. The summed E-state index contributed by atoms with van der Waals surface area (Å²) >= 11 is 0. The fourth-order valence-corrected chi connectivity index (χ4v) is 1.61. The highest BCUT2D eigenvalue weighted by molar-refractivity contribution is 5.91. The van der Waals surface area contributed by atoms with E-state index in [-0.39, 0.29) is 12.6 Å². The number of carbonyl (C=O) groups excluding carboxylic acids is 1. The lowest BCUT2D eigenvalue weighted by Gasteiger charge is -2.09. The number of nitrogens with two attached hydrogens (primary N) is 1. The molecule has 0 spiro atoms. The van der Waals surface area contributed by atoms with Crippen molar-refractivity contribution in [3.05, 3.63) is 29.3 Å². The van der Waals surface area contributed by atoms with E-state index >= 15 is 0 Å². The first-order valence-corrected chi connectivity index (χ1v) is 6.61. The Morgan fingerprint density at radius 1 is 1.26 bits per heavy atom. The van der Waals surface area contributed by atoms with Crippen LogP contribution < -0.4 is 5.73 Å². The number of benzene rings is 1. The first kappa shape index (κ1) is 15.5. The van der Waals surface area contributed by atoms with E-state index in [2.05, 4.69) is 13.8 Å². The normalized spacial score (nSPS) is 10.7. The van der Waals surface area contributed by atoms with Gasteiger partial charge in [-0.25, -0.2) is 4.79 Å². The zero-order valence-electron chi connectivity index (χ0n) is 11.9. The quantitative estimate of drug-likeness (QED) is 0.468. The average Bonchev–Trinajstić information content (AvgIpc) is 2.32. The summed E-state index contributed by atoms with van der Waals surface area (Å²) in [5.74, 6) is 0.296. The second-order valence-electron chi connectivity index (χ2n) is 5.01. The van der Waals surface area contributed by atoms with Crippen molar-refractivity contribution in [1.29, 1.82) is 0 Å². The minimum absolute atomic E-state index is 0.279. The largest absolute Gasteiger partial charge is 0.460 e. The Labute approximate surface area is 114 Å². The Morgan fingerprint density at radius 3 is 2.63 bits per heavy atom. The topological polar surface area (TPSA) is 61.6 Å². The summed E-state index contributed by atoms with van der Waals surface area (Å²) in [6.07, 6.45) is 1.02. The highest BCUT2D eigenvalue weighted by Crippen LogP contribution is 2.13. The number of aryl methyl sites for hydroxylation is 1. The van der Waals surface area contributed by atoms with Crippen LogP contribution in [0.3, 0.4) is 0 Å². The maximum Gasteiger partial charge on any atom is 0.338 e. The third kappa shape index (κ3) is 5.75. The van der Waals surface area contributed by atoms with E-state index in [0.29, 0.717) is 30.4 Å². The summed E-state index contributed by atoms with van der Waals surface area (Å²) in [7, 11) is 0. The number of rotatable bonds is 7. The molecule has 0 unspecified atom stereocenters. The highest BCUT2D eigenvalue weighted by Gasteiger charge is 2.10. The molecule has 0 bridgehead atoms. The minimum Gasteiger partial charge on any atom is -0.460 e. The summed E-state index contributed by atoms with van der Waals surface area (Å²) < 4.78 is 10.5. The molecule has 0 radical (unpaired) electrons. The monoisotopic (exact) mass is 265 g/mol. The van der Waals surface area contributed by atoms with Crippen LogP contribution in [-0.2, 0) is 9.47 Å². The maximum atomic E-state index is 11.8. The Kier molecular flexibility index (Phi) is 6.36. The minimum atomic E-state index is -0.329. The number of esters is 1. The van der Waals surface area contributed by atoms with Crippen LogP contribution >= 0.6 is 0 Å². The van der Waals surface area contributed by atoms with Crippen LogP contribution in [0.2, 0.25) is 0 Å². The highest BCUT2D eigenvalue weighted by atomic mass is 16.6. The van der Waals surface area contributed by atoms with Gasteiger partial charge in [0, 0.05) is 12.3 Å². The van der Waals surface area contributed by atoms with Gasteiger partial charge in [-0.05, 0) is 43.0 Å². The van der Waals surface area contributed by atoms with E-state index in [1.165, 1.54) is 0 Å². The summed E-state index contributed by atoms with van der Waals surface area (Å²) in [6, 6.07) is 5.14. The first-order valence-electron chi connectivity index (χ1n) is 6.61. The average molecular weight is 265 g/mol. The molecule has 2 N–H and O–H groups in total. The van der Waals surface area contributed by atoms with E-state index < -0.39 is 0 Å². The van der Waals surface area contributed by atoms with Gasteiger partial charge in [0.2, 0.25) is 0 Å². The van der Waals surface area contributed by atoms with Gasteiger partial charge in [0.15, 0.2) is 0 Å². The number of anilines is 1. The zero-order chi connectivity index (χ0) is 14.3. The third-order valence-electron chi connectivity index (χ3n) is 2.77. The maximum absolute atomic E-state index is 11.8. The summed E-state index contributed by atoms with van der Waals surface area (Å²) in [5, 5.41) is 0. The molecule has 0 aromatic heterocycles. The SMILES string of the molecule is Cc1cc(N)ccc1C(=O)OCCOCCC(C)C. The second-order valence-corrected chi connectivity index (χ2v) is 5.01. The summed E-state index contributed by atoms with van der Waals surface area (Å²) in [6.45, 7) is 7.55. The van der Waals surface area contributed by atoms with Crippen LogP contribution in [0.5, 0.6) is 0 Å². The number of carbonyl (C=O) groups is 1. The second kappa shape index (κ2) is 7.79. The molecule has 0 amide bonds. The number of nitrogen functional groups attached to an aromatic ring is 1. The summed E-state index contributed by atoms with van der Waals surface area (Å²) in [5.41, 5.74) is 7.66. The molecule has 0 fully saturated rings. The van der Waals surface area contributed by atoms with Gasteiger partial charge in [-0.15, -0.1) is 0 Å². The van der Waals surface area contributed by atoms with Crippen molar-refractivity contribution in [2.45, 2.75) is 27.2 Å². The molecule has 0 heterocycles. The molecular weight excluding hydrogens is 242 g/mol. The smallest absolute Gasteiger partial charge is 0.338 e. The molecule has 0 aliphatic heterocycles. The molecule has 4 heteroatoms. The van der Waals surface area contributed by atoms with Gasteiger partial charge < -0.3 is 15.2 Å². The Balaban J connectivity index is 2.28. The van der Waals surface area contributed by atoms with Crippen molar-refractivity contribution in [1.82, 2.24) is 0 Å². The molecule has 4 nitrogen and oxygen atoms in total. The van der Waals surface area contributed by atoms with Crippen molar-refractivity contribution in [3.63, 3.8) is 0 Å². The molecule has 0 saturated heterocycles. The molecule has 1 aromatic rings. The summed E-state index contributed by atoms with van der Waals surface area (Å²) in [4.78, 5) is 11.8. The fourth-order valence-electron chi connectivity index (χ4n) is 1.61. The van der Waals surface area contributed by atoms with Crippen molar-refractivity contribution < 1.29 is 14.3 Å². The van der Waals surface area contributed by atoms with Gasteiger partial charge in [-0.2, -0.15) is 0 Å². The molecule has 1 rings (SSSR count). The lowest BCUT2D eigenvalue weighted by atomic mass is 10.1. The molecule has 106 valence electrons. The number of ether oxygens (including phenoxy) is 2. The van der Waals surface area contributed by atoms with Crippen molar-refractivity contribution in [2.24, 2.45) is 5.92 Å². The van der Waals surface area contributed by atoms with E-state index in [9.17, 15) is 4.79 Å². The predicted molar refractivity (Wildman–Crippen MR) is 76.1 cm³/mol. The van der Waals surface area contributed by atoms with Crippen LogP contribution in [0.25, 0.3) is 0 Å². The molecule has 0 atom stereocenters. The Bertz CT molecular complexity index is 416. The van der Waals surface area contributed by atoms with Gasteiger partial charge in [0.1, 0.15) is 6.61 Å². The lowest BCUT2D eigenvalue weighted by Crippen LogP contribution is -2.13. The third-order valence-corrected chi connectivity index (χ3v) is 2.77. The van der Waals surface area contributed by atoms with Crippen molar-refractivity contribution in [3.8, 4) is 0 Å². The van der Waals surface area contributed by atoms with Gasteiger partial charge in [0.05, 0.1) is 12.2 Å². The van der Waals surface area contributed by atoms with E-state index in [1.807, 2.05) is 6.92 Å². The molecule has 0 saturated carbocycles. The first-order chi connectivity index (χ1) is 9.00. The predicted octanol–water partition coefficient (Wildman–Crippen LogP) is 2.80. The van der Waals surface area contributed by atoms with Crippen molar-refractivity contribution >= 4 is 11.7 Å². The van der Waals surface area contributed by atoms with Crippen LogP contribution in [0.15, 0.2) is 18.2 Å². The standard InChI is InChI=1S/C15H23NO3/c1-11(2)6-7-18-8-9-19-15(17)14-5-4-13(16)10-12(14)3/h4-5,10-11H,6-9,16H2,1-3H3. The van der Waals surface area contributed by atoms with Gasteiger partial charge >= 0.3 is 5.97 Å². The van der Waals surface area contributed by atoms with E-state index in [4.69, 9.17) is 15.2 Å². The molecular formula is C15H23NO3. The van der Waals surface area contributed by atoms with Crippen LogP contribution in [0.4, 0.5) is 5.69 Å². The zero-order valence-corrected chi connectivity index (χ0v) is 11.9. The lowest BCUT2D eigenvalue weighted by molar-refractivity contribution is 0.0302. The van der Waals surface area contributed by atoms with Crippen molar-refractivity contribution in [2.75, 3.05) is 25.6 Å². The number of hydrogen-bond acceptors (Lipinski definition) is 4. The van der Waals surface area contributed by atoms with Crippen LogP contribution in [0.1, 0.15) is 36.2 Å². The van der Waals surface area contributed by atoms with Gasteiger partial charge in [-0.3, -0.25) is 0 Å². The molecule has 19 heavy (non-hydrogen) atoms. The van der Waals surface area contributed by atoms with Gasteiger partial charge in [-0.1, -0.05) is 13.8 Å². The van der Waals surface area contributed by atoms with E-state index in [1.54, 1.807) is 18.2 Å².